The molecule has 3 aromatic rings. The number of halogens is 4. The lowest BCUT2D eigenvalue weighted by molar-refractivity contribution is -0.274. The Balaban J connectivity index is 1.66. The molecule has 1 aromatic carbocycles. The number of anilines is 1. The van der Waals surface area contributed by atoms with Crippen molar-refractivity contribution < 1.29 is 22.3 Å². The summed E-state index contributed by atoms with van der Waals surface area (Å²) in [5, 5.41) is 3.28. The number of alkyl halides is 3. The second-order valence-electron chi connectivity index (χ2n) is 7.21. The molecule has 6 nitrogen and oxygen atoms in total. The molecule has 2 aliphatic heterocycles. The zero-order chi connectivity index (χ0) is 20.2. The Labute approximate surface area is 168 Å². The van der Waals surface area contributed by atoms with Gasteiger partial charge in [-0.1, -0.05) is 17.7 Å². The molecule has 4 heterocycles. The second kappa shape index (κ2) is 6.77. The van der Waals surface area contributed by atoms with Crippen molar-refractivity contribution >= 4 is 28.7 Å². The van der Waals surface area contributed by atoms with Gasteiger partial charge in [0.1, 0.15) is 0 Å². The molecular formula is C19H16ClF3N4O2. The number of aromatic nitrogens is 2. The molecule has 10 heteroatoms. The zero-order valence-electron chi connectivity index (χ0n) is 15.0. The van der Waals surface area contributed by atoms with Crippen LogP contribution in [0, 0.1) is 0 Å². The van der Waals surface area contributed by atoms with Crippen LogP contribution in [0.5, 0.6) is 5.75 Å². The van der Waals surface area contributed by atoms with Gasteiger partial charge in [-0.3, -0.25) is 4.98 Å². The highest BCUT2D eigenvalue weighted by atomic mass is 35.5. The Kier molecular flexibility index (Phi) is 4.32. The van der Waals surface area contributed by atoms with E-state index in [0.29, 0.717) is 36.4 Å². The van der Waals surface area contributed by atoms with Gasteiger partial charge in [0.15, 0.2) is 16.8 Å². The number of hydrogen-bond acceptors (Lipinski definition) is 6. The van der Waals surface area contributed by atoms with Gasteiger partial charge in [0.05, 0.1) is 10.7 Å². The van der Waals surface area contributed by atoms with Crippen LogP contribution in [0.25, 0.3) is 22.4 Å². The second-order valence-corrected chi connectivity index (χ2v) is 7.62. The number of nitrogens with one attached hydrogen (secondary N) is 1. The van der Waals surface area contributed by atoms with Gasteiger partial charge in [-0.2, -0.15) is 4.98 Å². The maximum atomic E-state index is 13.0. The van der Waals surface area contributed by atoms with Crippen molar-refractivity contribution in [1.82, 2.24) is 15.3 Å². The molecule has 2 aliphatic rings. The number of rotatable bonds is 3. The first-order chi connectivity index (χ1) is 13.9. The van der Waals surface area contributed by atoms with Crippen molar-refractivity contribution in [2.45, 2.75) is 31.3 Å². The molecule has 0 amide bonds. The molecule has 152 valence electrons. The van der Waals surface area contributed by atoms with Crippen molar-refractivity contribution in [2.24, 2.45) is 0 Å². The maximum Gasteiger partial charge on any atom is 0.573 e. The first kappa shape index (κ1) is 18.5. The topological polar surface area (TPSA) is 63.4 Å². The molecule has 0 saturated carbocycles. The minimum atomic E-state index is -4.91. The summed E-state index contributed by atoms with van der Waals surface area (Å²) in [6.45, 7) is 1.34. The fraction of sp³-hybridized carbons (Fsp3) is 0.368. The van der Waals surface area contributed by atoms with Crippen LogP contribution in [-0.2, 0) is 0 Å². The Morgan fingerprint density at radius 3 is 2.62 bits per heavy atom. The third-order valence-corrected chi connectivity index (χ3v) is 5.49. The fourth-order valence-corrected chi connectivity index (χ4v) is 4.27. The minimum absolute atomic E-state index is 0.0728. The van der Waals surface area contributed by atoms with Gasteiger partial charge in [0.2, 0.25) is 0 Å². The Hall–Kier alpha value is -2.52. The van der Waals surface area contributed by atoms with E-state index in [2.05, 4.69) is 20.0 Å². The number of piperazine rings is 1. The largest absolute Gasteiger partial charge is 0.573 e. The van der Waals surface area contributed by atoms with E-state index < -0.39 is 12.1 Å². The molecule has 2 fully saturated rings. The van der Waals surface area contributed by atoms with E-state index in [0.717, 1.165) is 12.8 Å². The van der Waals surface area contributed by atoms with Crippen LogP contribution in [0.3, 0.4) is 0 Å². The Morgan fingerprint density at radius 2 is 1.97 bits per heavy atom. The van der Waals surface area contributed by atoms with E-state index in [4.69, 9.17) is 16.0 Å². The molecule has 2 atom stereocenters. The van der Waals surface area contributed by atoms with Gasteiger partial charge in [-0.25, -0.2) is 0 Å². The number of nitrogens with zero attached hydrogens (tertiary/aromatic N) is 3. The first-order valence-electron chi connectivity index (χ1n) is 9.18. The molecule has 29 heavy (non-hydrogen) atoms. The zero-order valence-corrected chi connectivity index (χ0v) is 15.8. The predicted molar refractivity (Wildman–Crippen MR) is 101 cm³/mol. The molecule has 0 aliphatic carbocycles. The lowest BCUT2D eigenvalue weighted by Gasteiger charge is -2.31. The predicted octanol–water partition coefficient (Wildman–Crippen LogP) is 4.38. The average Bonchev–Trinajstić information content (AvgIpc) is 3.27. The molecular weight excluding hydrogens is 409 g/mol. The average molecular weight is 425 g/mol. The lowest BCUT2D eigenvalue weighted by Crippen LogP contribution is -2.51. The van der Waals surface area contributed by atoms with E-state index in [-0.39, 0.29) is 22.1 Å². The normalized spacial score (nSPS) is 21.7. The van der Waals surface area contributed by atoms with E-state index in [1.54, 1.807) is 24.4 Å². The molecule has 0 radical (unpaired) electrons. The smallest absolute Gasteiger partial charge is 0.423 e. The number of pyridine rings is 1. The minimum Gasteiger partial charge on any atom is -0.423 e. The summed E-state index contributed by atoms with van der Waals surface area (Å²) >= 11 is 6.16. The van der Waals surface area contributed by atoms with Crippen molar-refractivity contribution in [1.29, 1.82) is 0 Å². The SMILES string of the molecule is FC(F)(F)Oc1c(Cl)cc(-c2ccccn2)c2oc(N3CC4CCC(C3)N4)nc12. The highest BCUT2D eigenvalue weighted by Crippen LogP contribution is 2.43. The molecule has 2 aromatic heterocycles. The number of fused-ring (bicyclic) bond motifs is 3. The van der Waals surface area contributed by atoms with Gasteiger partial charge < -0.3 is 19.4 Å². The third kappa shape index (κ3) is 3.49. The van der Waals surface area contributed by atoms with E-state index in [1.807, 2.05) is 4.90 Å². The van der Waals surface area contributed by atoms with Crippen LogP contribution in [0.15, 0.2) is 34.9 Å². The highest BCUT2D eigenvalue weighted by molar-refractivity contribution is 6.33. The van der Waals surface area contributed by atoms with Crippen LogP contribution in [-0.4, -0.2) is 41.5 Å². The van der Waals surface area contributed by atoms with Crippen LogP contribution in [0.1, 0.15) is 12.8 Å². The summed E-state index contributed by atoms with van der Waals surface area (Å²) in [5.41, 5.74) is 1.06. The summed E-state index contributed by atoms with van der Waals surface area (Å²) < 4.78 is 49.1. The summed E-state index contributed by atoms with van der Waals surface area (Å²) in [7, 11) is 0. The quantitative estimate of drug-likeness (QED) is 0.673. The van der Waals surface area contributed by atoms with Gasteiger partial charge in [-0.05, 0) is 31.0 Å². The Morgan fingerprint density at radius 1 is 1.21 bits per heavy atom. The molecule has 0 spiro atoms. The summed E-state index contributed by atoms with van der Waals surface area (Å²) in [6.07, 6.45) is -1.22. The maximum absolute atomic E-state index is 13.0. The van der Waals surface area contributed by atoms with E-state index in [1.165, 1.54) is 6.07 Å². The summed E-state index contributed by atoms with van der Waals surface area (Å²) in [6, 6.07) is 7.48. The monoisotopic (exact) mass is 424 g/mol. The number of oxazole rings is 1. The molecule has 1 N–H and O–H groups in total. The summed E-state index contributed by atoms with van der Waals surface area (Å²) in [5.74, 6) is -0.568. The van der Waals surface area contributed by atoms with Crippen LogP contribution < -0.4 is 15.0 Å². The van der Waals surface area contributed by atoms with Gasteiger partial charge in [0, 0.05) is 36.9 Å². The van der Waals surface area contributed by atoms with Crippen molar-refractivity contribution in [3.05, 3.63) is 35.5 Å². The van der Waals surface area contributed by atoms with Crippen LogP contribution in [0.2, 0.25) is 5.02 Å². The third-order valence-electron chi connectivity index (χ3n) is 5.21. The summed E-state index contributed by atoms with van der Waals surface area (Å²) in [4.78, 5) is 10.6. The highest BCUT2D eigenvalue weighted by Gasteiger charge is 2.37. The Bertz CT molecular complexity index is 1050. The van der Waals surface area contributed by atoms with Gasteiger partial charge in [-0.15, -0.1) is 13.2 Å². The lowest BCUT2D eigenvalue weighted by atomic mass is 10.1. The van der Waals surface area contributed by atoms with E-state index >= 15 is 0 Å². The molecule has 2 unspecified atom stereocenters. The van der Waals surface area contributed by atoms with Crippen LogP contribution >= 0.6 is 11.6 Å². The fourth-order valence-electron chi connectivity index (χ4n) is 4.03. The first-order valence-corrected chi connectivity index (χ1v) is 9.56. The molecule has 2 bridgehead atoms. The molecule has 2 saturated heterocycles. The van der Waals surface area contributed by atoms with Crippen molar-refractivity contribution in [3.8, 4) is 17.0 Å². The number of ether oxygens (including phenoxy) is 1. The van der Waals surface area contributed by atoms with Crippen molar-refractivity contribution in [3.63, 3.8) is 0 Å². The molecule has 5 rings (SSSR count). The number of benzene rings is 1. The van der Waals surface area contributed by atoms with Gasteiger partial charge >= 0.3 is 6.36 Å². The van der Waals surface area contributed by atoms with Crippen molar-refractivity contribution in [2.75, 3.05) is 18.0 Å². The number of hydrogen-bond donors (Lipinski definition) is 1. The van der Waals surface area contributed by atoms with E-state index in [9.17, 15) is 13.2 Å². The van der Waals surface area contributed by atoms with Crippen LogP contribution in [0.4, 0.5) is 19.2 Å². The van der Waals surface area contributed by atoms with Gasteiger partial charge in [0.25, 0.3) is 6.01 Å². The standard InChI is InChI=1S/C19H16ClF3N4O2/c20-13-7-12(14-3-1-2-6-24-14)16-15(17(13)29-19(21,22)23)26-18(28-16)27-8-10-4-5-11(9-27)25-10/h1-3,6-7,10-11,25H,4-5,8-9H2.